The zero-order valence-electron chi connectivity index (χ0n) is 8.51. The molecule has 0 aromatic heterocycles. The summed E-state index contributed by atoms with van der Waals surface area (Å²) in [6.07, 6.45) is 1.27. The lowest BCUT2D eigenvalue weighted by Gasteiger charge is -2.11. The number of hydrogen-bond donors (Lipinski definition) is 0. The third kappa shape index (κ3) is 2.48. The Balaban J connectivity index is 2.27. The molecule has 1 heterocycles. The maximum atomic E-state index is 11.3. The summed E-state index contributed by atoms with van der Waals surface area (Å²) in [6.45, 7) is 0. The SMILES string of the molecule is O=C1CCC(=O)O/C(c2ccccc2)=C\O1. The number of hydrogen-bond acceptors (Lipinski definition) is 4. The van der Waals surface area contributed by atoms with Crippen LogP contribution in [0.25, 0.3) is 5.76 Å². The molecule has 0 bridgehead atoms. The molecule has 1 aromatic rings. The minimum absolute atomic E-state index is 0.0446. The number of esters is 2. The van der Waals surface area contributed by atoms with Crippen molar-refractivity contribution in [2.45, 2.75) is 12.8 Å². The third-order valence-electron chi connectivity index (χ3n) is 2.11. The molecule has 0 fully saturated rings. The van der Waals surface area contributed by atoms with Gasteiger partial charge in [-0.1, -0.05) is 30.3 Å². The zero-order valence-corrected chi connectivity index (χ0v) is 8.51. The number of benzene rings is 1. The zero-order chi connectivity index (χ0) is 11.4. The monoisotopic (exact) mass is 218 g/mol. The molecule has 0 amide bonds. The van der Waals surface area contributed by atoms with Crippen LogP contribution in [0.4, 0.5) is 0 Å². The van der Waals surface area contributed by atoms with E-state index >= 15 is 0 Å². The lowest BCUT2D eigenvalue weighted by Crippen LogP contribution is -2.12. The fourth-order valence-electron chi connectivity index (χ4n) is 1.31. The fourth-order valence-corrected chi connectivity index (χ4v) is 1.31. The van der Waals surface area contributed by atoms with E-state index in [1.54, 1.807) is 12.1 Å². The second-order valence-electron chi connectivity index (χ2n) is 3.31. The predicted octanol–water partition coefficient (Wildman–Crippen LogP) is 1.87. The van der Waals surface area contributed by atoms with Crippen LogP contribution in [-0.2, 0) is 19.1 Å². The van der Waals surface area contributed by atoms with Gasteiger partial charge in [-0.2, -0.15) is 0 Å². The largest absolute Gasteiger partial charge is 0.430 e. The minimum atomic E-state index is -0.426. The molecule has 4 heteroatoms. The van der Waals surface area contributed by atoms with E-state index in [1.807, 2.05) is 18.2 Å². The van der Waals surface area contributed by atoms with Gasteiger partial charge >= 0.3 is 11.9 Å². The first-order valence-electron chi connectivity index (χ1n) is 4.91. The first kappa shape index (κ1) is 10.4. The van der Waals surface area contributed by atoms with E-state index in [2.05, 4.69) is 0 Å². The molecule has 1 aliphatic heterocycles. The molecule has 0 saturated carbocycles. The molecular weight excluding hydrogens is 208 g/mol. The van der Waals surface area contributed by atoms with Gasteiger partial charge in [0.2, 0.25) is 0 Å². The minimum Gasteiger partial charge on any atom is -0.430 e. The normalized spacial score (nSPS) is 19.9. The number of rotatable bonds is 1. The fraction of sp³-hybridized carbons (Fsp3) is 0.167. The third-order valence-corrected chi connectivity index (χ3v) is 2.11. The highest BCUT2D eigenvalue weighted by Gasteiger charge is 2.16. The van der Waals surface area contributed by atoms with E-state index in [9.17, 15) is 9.59 Å². The van der Waals surface area contributed by atoms with Crippen LogP contribution in [0.1, 0.15) is 18.4 Å². The Kier molecular flexibility index (Phi) is 3.00. The molecule has 0 atom stereocenters. The standard InChI is InChI=1S/C12H10O4/c13-11-6-7-12(14)16-10(8-15-11)9-4-2-1-3-5-9/h1-5,8H,6-7H2/b10-8-. The van der Waals surface area contributed by atoms with Crippen molar-refractivity contribution in [2.75, 3.05) is 0 Å². The Morgan fingerprint density at radius 3 is 2.38 bits per heavy atom. The first-order valence-corrected chi connectivity index (χ1v) is 4.91. The van der Waals surface area contributed by atoms with Crippen LogP contribution < -0.4 is 0 Å². The summed E-state index contributed by atoms with van der Waals surface area (Å²) in [4.78, 5) is 22.4. The highest BCUT2D eigenvalue weighted by atomic mass is 16.6. The molecule has 0 radical (unpaired) electrons. The van der Waals surface area contributed by atoms with Crippen molar-refractivity contribution < 1.29 is 19.1 Å². The second kappa shape index (κ2) is 4.61. The van der Waals surface area contributed by atoms with E-state index in [1.165, 1.54) is 6.26 Å². The van der Waals surface area contributed by atoms with E-state index in [0.717, 1.165) is 0 Å². The van der Waals surface area contributed by atoms with Gasteiger partial charge in [-0.25, -0.2) is 0 Å². The smallest absolute Gasteiger partial charge is 0.311 e. The van der Waals surface area contributed by atoms with Crippen molar-refractivity contribution >= 4 is 17.7 Å². The van der Waals surface area contributed by atoms with Crippen molar-refractivity contribution in [1.29, 1.82) is 0 Å². The summed E-state index contributed by atoms with van der Waals surface area (Å²) in [6, 6.07) is 9.01. The summed E-state index contributed by atoms with van der Waals surface area (Å²) in [5.74, 6) is -0.588. The molecule has 82 valence electrons. The second-order valence-corrected chi connectivity index (χ2v) is 3.31. The van der Waals surface area contributed by atoms with Crippen molar-refractivity contribution in [2.24, 2.45) is 0 Å². The molecule has 0 unspecified atom stereocenters. The van der Waals surface area contributed by atoms with Gasteiger partial charge in [-0.15, -0.1) is 0 Å². The van der Waals surface area contributed by atoms with Crippen molar-refractivity contribution in [3.8, 4) is 0 Å². The molecule has 4 nitrogen and oxygen atoms in total. The highest BCUT2D eigenvalue weighted by molar-refractivity contribution is 5.84. The van der Waals surface area contributed by atoms with Gasteiger partial charge in [-0.05, 0) is 0 Å². The Morgan fingerprint density at radius 2 is 1.62 bits per heavy atom. The van der Waals surface area contributed by atoms with Gasteiger partial charge in [0.15, 0.2) is 5.76 Å². The van der Waals surface area contributed by atoms with Crippen molar-refractivity contribution in [3.05, 3.63) is 42.2 Å². The lowest BCUT2D eigenvalue weighted by molar-refractivity contribution is -0.145. The van der Waals surface area contributed by atoms with Crippen LogP contribution in [-0.4, -0.2) is 11.9 Å². The van der Waals surface area contributed by atoms with E-state index < -0.39 is 11.9 Å². The topological polar surface area (TPSA) is 52.6 Å². The van der Waals surface area contributed by atoms with Crippen LogP contribution in [0.2, 0.25) is 0 Å². The average molecular weight is 218 g/mol. The van der Waals surface area contributed by atoms with Crippen LogP contribution in [0, 0.1) is 0 Å². The van der Waals surface area contributed by atoms with Crippen molar-refractivity contribution in [1.82, 2.24) is 0 Å². The molecule has 0 spiro atoms. The van der Waals surface area contributed by atoms with Crippen LogP contribution in [0.5, 0.6) is 0 Å². The van der Waals surface area contributed by atoms with Gasteiger partial charge in [-0.3, -0.25) is 9.59 Å². The summed E-state index contributed by atoms with van der Waals surface area (Å²) in [5, 5.41) is 0. The molecule has 0 saturated heterocycles. The summed E-state index contributed by atoms with van der Waals surface area (Å²) < 4.78 is 9.89. The highest BCUT2D eigenvalue weighted by Crippen LogP contribution is 2.18. The van der Waals surface area contributed by atoms with Crippen LogP contribution >= 0.6 is 0 Å². The van der Waals surface area contributed by atoms with Crippen LogP contribution in [0.3, 0.4) is 0 Å². The maximum Gasteiger partial charge on any atom is 0.311 e. The Hall–Kier alpha value is -2.10. The van der Waals surface area contributed by atoms with E-state index in [0.29, 0.717) is 5.56 Å². The molecule has 1 aromatic carbocycles. The van der Waals surface area contributed by atoms with Gasteiger partial charge in [0.25, 0.3) is 0 Å². The summed E-state index contributed by atoms with van der Waals surface area (Å²) in [7, 11) is 0. The molecule has 16 heavy (non-hydrogen) atoms. The van der Waals surface area contributed by atoms with Crippen LogP contribution in [0.15, 0.2) is 36.6 Å². The Labute approximate surface area is 92.5 Å². The number of carbonyl (C=O) groups is 2. The van der Waals surface area contributed by atoms with Gasteiger partial charge < -0.3 is 9.47 Å². The molecule has 2 rings (SSSR count). The maximum absolute atomic E-state index is 11.3. The molecule has 0 aliphatic carbocycles. The quantitative estimate of drug-likeness (QED) is 0.675. The van der Waals surface area contributed by atoms with Crippen molar-refractivity contribution in [3.63, 3.8) is 0 Å². The molecule has 1 aliphatic rings. The Morgan fingerprint density at radius 1 is 0.938 bits per heavy atom. The number of carbonyl (C=O) groups excluding carboxylic acids is 2. The number of ether oxygens (including phenoxy) is 2. The molecule has 0 N–H and O–H groups in total. The summed E-state index contributed by atoms with van der Waals surface area (Å²) >= 11 is 0. The van der Waals surface area contributed by atoms with E-state index in [4.69, 9.17) is 9.47 Å². The van der Waals surface area contributed by atoms with E-state index in [-0.39, 0.29) is 18.6 Å². The average Bonchev–Trinajstić information content (AvgIpc) is 2.31. The lowest BCUT2D eigenvalue weighted by atomic mass is 10.2. The van der Waals surface area contributed by atoms with Gasteiger partial charge in [0.05, 0.1) is 12.8 Å². The van der Waals surface area contributed by atoms with Gasteiger partial charge in [0.1, 0.15) is 6.26 Å². The molecular formula is C12H10O4. The number of cyclic esters (lactones) is 2. The van der Waals surface area contributed by atoms with Gasteiger partial charge in [0, 0.05) is 5.56 Å². The summed E-state index contributed by atoms with van der Waals surface area (Å²) in [5.41, 5.74) is 0.700. The predicted molar refractivity (Wildman–Crippen MR) is 55.8 cm³/mol. The first-order chi connectivity index (χ1) is 7.75. The Bertz CT molecular complexity index is 434.